The number of carbonyl (C=O) groups is 1. The molecule has 3 nitrogen and oxygen atoms in total. The van der Waals surface area contributed by atoms with Gasteiger partial charge >= 0.3 is 0 Å². The molecule has 1 saturated heterocycles. The van der Waals surface area contributed by atoms with Crippen molar-refractivity contribution in [1.82, 2.24) is 4.90 Å². The molecule has 1 fully saturated rings. The molecule has 1 atom stereocenters. The van der Waals surface area contributed by atoms with Gasteiger partial charge in [0.15, 0.2) is 6.61 Å². The minimum absolute atomic E-state index is 0.0840. The fourth-order valence-corrected chi connectivity index (χ4v) is 3.55. The van der Waals surface area contributed by atoms with Crippen molar-refractivity contribution < 1.29 is 9.53 Å². The molecule has 3 rings (SSSR count). The van der Waals surface area contributed by atoms with Crippen LogP contribution in [0.1, 0.15) is 56.1 Å². The monoisotopic (exact) mass is 351 g/mol. The Hall–Kier alpha value is -2.29. The molecule has 3 heteroatoms. The summed E-state index contributed by atoms with van der Waals surface area (Å²) in [5.41, 5.74) is 2.61. The molecule has 138 valence electrons. The largest absolute Gasteiger partial charge is 0.484 e. The van der Waals surface area contributed by atoms with Crippen molar-refractivity contribution in [2.45, 2.75) is 44.9 Å². The van der Waals surface area contributed by atoms with Crippen LogP contribution in [-0.2, 0) is 4.79 Å². The number of hydrogen-bond donors (Lipinski definition) is 0. The van der Waals surface area contributed by atoms with Crippen molar-refractivity contribution in [2.75, 3.05) is 19.7 Å². The van der Waals surface area contributed by atoms with Crippen LogP contribution in [0.4, 0.5) is 0 Å². The summed E-state index contributed by atoms with van der Waals surface area (Å²) in [4.78, 5) is 14.7. The Kier molecular flexibility index (Phi) is 6.32. The average molecular weight is 351 g/mol. The van der Waals surface area contributed by atoms with Gasteiger partial charge in [0.1, 0.15) is 5.75 Å². The normalized spacial score (nSPS) is 17.8. The van der Waals surface area contributed by atoms with Crippen LogP contribution in [0.15, 0.2) is 54.6 Å². The molecule has 1 amide bonds. The minimum Gasteiger partial charge on any atom is -0.484 e. The molecule has 0 aromatic heterocycles. The predicted molar refractivity (Wildman–Crippen MR) is 106 cm³/mol. The molecule has 1 unspecified atom stereocenters. The molecule has 1 heterocycles. The highest BCUT2D eigenvalue weighted by molar-refractivity contribution is 5.77. The van der Waals surface area contributed by atoms with Crippen LogP contribution >= 0.6 is 0 Å². The van der Waals surface area contributed by atoms with Gasteiger partial charge in [-0.25, -0.2) is 0 Å². The summed E-state index contributed by atoms with van der Waals surface area (Å²) < 4.78 is 5.75. The maximum Gasteiger partial charge on any atom is 0.260 e. The van der Waals surface area contributed by atoms with E-state index < -0.39 is 0 Å². The SMILES string of the molecule is CC(C)c1ccc(OCC(=O)N2CCCCC(c3ccccc3)C2)cc1. The number of carbonyl (C=O) groups excluding carboxylic acids is 1. The van der Waals surface area contributed by atoms with Gasteiger partial charge in [-0.1, -0.05) is 62.7 Å². The van der Waals surface area contributed by atoms with E-state index in [1.165, 1.54) is 17.5 Å². The Bertz CT molecular complexity index is 694. The summed E-state index contributed by atoms with van der Waals surface area (Å²) in [7, 11) is 0. The van der Waals surface area contributed by atoms with E-state index in [2.05, 4.69) is 50.2 Å². The third kappa shape index (κ3) is 4.87. The van der Waals surface area contributed by atoms with Crippen LogP contribution in [-0.4, -0.2) is 30.5 Å². The molecule has 0 saturated carbocycles. The van der Waals surface area contributed by atoms with Crippen molar-refractivity contribution >= 4 is 5.91 Å². The maximum atomic E-state index is 12.7. The summed E-state index contributed by atoms with van der Waals surface area (Å²) in [5, 5.41) is 0. The predicted octanol–water partition coefficient (Wildman–Crippen LogP) is 4.99. The topological polar surface area (TPSA) is 29.5 Å². The van der Waals surface area contributed by atoms with Crippen molar-refractivity contribution in [1.29, 1.82) is 0 Å². The Morgan fingerprint density at radius 3 is 2.50 bits per heavy atom. The van der Waals surface area contributed by atoms with E-state index in [4.69, 9.17) is 4.74 Å². The molecule has 0 aliphatic carbocycles. The first-order chi connectivity index (χ1) is 12.6. The van der Waals surface area contributed by atoms with Crippen LogP contribution in [0, 0.1) is 0 Å². The third-order valence-corrected chi connectivity index (χ3v) is 5.20. The van der Waals surface area contributed by atoms with Gasteiger partial charge in [0.2, 0.25) is 0 Å². The number of rotatable bonds is 5. The molecule has 1 aliphatic heterocycles. The van der Waals surface area contributed by atoms with Crippen LogP contribution in [0.2, 0.25) is 0 Å². The lowest BCUT2D eigenvalue weighted by molar-refractivity contribution is -0.133. The lowest BCUT2D eigenvalue weighted by atomic mass is 9.94. The number of nitrogens with zero attached hydrogens (tertiary/aromatic N) is 1. The summed E-state index contributed by atoms with van der Waals surface area (Å²) >= 11 is 0. The lowest BCUT2D eigenvalue weighted by Crippen LogP contribution is -2.37. The first kappa shape index (κ1) is 18.5. The molecule has 26 heavy (non-hydrogen) atoms. The lowest BCUT2D eigenvalue weighted by Gasteiger charge is -2.25. The molecule has 0 spiro atoms. The molecular weight excluding hydrogens is 322 g/mol. The van der Waals surface area contributed by atoms with Crippen LogP contribution in [0.3, 0.4) is 0 Å². The molecule has 1 aliphatic rings. The first-order valence-corrected chi connectivity index (χ1v) is 9.69. The average Bonchev–Trinajstić information content (AvgIpc) is 2.93. The number of ether oxygens (including phenoxy) is 1. The van der Waals surface area contributed by atoms with Gasteiger partial charge in [-0.2, -0.15) is 0 Å². The highest BCUT2D eigenvalue weighted by Crippen LogP contribution is 2.26. The fraction of sp³-hybridized carbons (Fsp3) is 0.435. The van der Waals surface area contributed by atoms with Crippen LogP contribution in [0.5, 0.6) is 5.75 Å². The summed E-state index contributed by atoms with van der Waals surface area (Å²) in [5.74, 6) is 1.77. The van der Waals surface area contributed by atoms with Gasteiger partial charge in [-0.15, -0.1) is 0 Å². The molecule has 0 radical (unpaired) electrons. The van der Waals surface area contributed by atoms with Crippen molar-refractivity contribution in [3.63, 3.8) is 0 Å². The Morgan fingerprint density at radius 2 is 1.81 bits per heavy atom. The van der Waals surface area contributed by atoms with E-state index in [1.807, 2.05) is 23.1 Å². The number of benzene rings is 2. The van der Waals surface area contributed by atoms with E-state index in [0.29, 0.717) is 11.8 Å². The van der Waals surface area contributed by atoms with Crippen LogP contribution < -0.4 is 4.74 Å². The second kappa shape index (κ2) is 8.88. The van der Waals surface area contributed by atoms with E-state index >= 15 is 0 Å². The highest BCUT2D eigenvalue weighted by Gasteiger charge is 2.23. The van der Waals surface area contributed by atoms with Gasteiger partial charge in [-0.05, 0) is 42.0 Å². The molecular formula is C23H29NO2. The smallest absolute Gasteiger partial charge is 0.260 e. The van der Waals surface area contributed by atoms with Gasteiger partial charge in [0, 0.05) is 19.0 Å². The summed E-state index contributed by atoms with van der Waals surface area (Å²) in [6, 6.07) is 18.6. The molecule has 0 bridgehead atoms. The van der Waals surface area contributed by atoms with Crippen molar-refractivity contribution in [2.24, 2.45) is 0 Å². The minimum atomic E-state index is 0.0840. The molecule has 2 aromatic rings. The molecule has 2 aromatic carbocycles. The van der Waals surface area contributed by atoms with E-state index in [-0.39, 0.29) is 12.5 Å². The molecule has 0 N–H and O–H groups in total. The highest BCUT2D eigenvalue weighted by atomic mass is 16.5. The third-order valence-electron chi connectivity index (χ3n) is 5.20. The van der Waals surface area contributed by atoms with Crippen LogP contribution in [0.25, 0.3) is 0 Å². The second-order valence-electron chi connectivity index (χ2n) is 7.46. The zero-order valence-corrected chi connectivity index (χ0v) is 15.9. The van der Waals surface area contributed by atoms with Gasteiger partial charge in [-0.3, -0.25) is 4.79 Å². The number of amides is 1. The summed E-state index contributed by atoms with van der Waals surface area (Å²) in [6.45, 7) is 6.07. The van der Waals surface area contributed by atoms with E-state index in [1.54, 1.807) is 0 Å². The van der Waals surface area contributed by atoms with Gasteiger partial charge in [0.25, 0.3) is 5.91 Å². The van der Waals surface area contributed by atoms with Crippen molar-refractivity contribution in [3.8, 4) is 5.75 Å². The Balaban J connectivity index is 1.57. The fourth-order valence-electron chi connectivity index (χ4n) is 3.55. The van der Waals surface area contributed by atoms with E-state index in [9.17, 15) is 4.79 Å². The standard InChI is InChI=1S/C23H29NO2/c1-18(2)19-11-13-22(14-12-19)26-17-23(25)24-15-7-6-10-21(16-24)20-8-4-3-5-9-20/h3-5,8-9,11-14,18,21H,6-7,10,15-17H2,1-2H3. The summed E-state index contributed by atoms with van der Waals surface area (Å²) in [6.07, 6.45) is 3.38. The van der Waals surface area contributed by atoms with Gasteiger partial charge in [0.05, 0.1) is 0 Å². The Morgan fingerprint density at radius 1 is 1.08 bits per heavy atom. The number of likely N-dealkylation sites (tertiary alicyclic amines) is 1. The quantitative estimate of drug-likeness (QED) is 0.760. The zero-order chi connectivity index (χ0) is 18.4. The Labute approximate surface area is 157 Å². The maximum absolute atomic E-state index is 12.7. The second-order valence-corrected chi connectivity index (χ2v) is 7.46. The van der Waals surface area contributed by atoms with Crippen molar-refractivity contribution in [3.05, 3.63) is 65.7 Å². The zero-order valence-electron chi connectivity index (χ0n) is 15.9. The first-order valence-electron chi connectivity index (χ1n) is 9.69. The number of hydrogen-bond acceptors (Lipinski definition) is 2. The van der Waals surface area contributed by atoms with Gasteiger partial charge < -0.3 is 9.64 Å². The van der Waals surface area contributed by atoms with E-state index in [0.717, 1.165) is 31.7 Å².